The van der Waals surface area contributed by atoms with Gasteiger partial charge in [-0.15, -0.1) is 0 Å². The first kappa shape index (κ1) is 17.1. The van der Waals surface area contributed by atoms with Crippen molar-refractivity contribution in [2.45, 2.75) is 33.1 Å². The zero-order valence-electron chi connectivity index (χ0n) is 14.1. The molecule has 6 nitrogen and oxygen atoms in total. The van der Waals surface area contributed by atoms with Gasteiger partial charge >= 0.3 is 6.03 Å². The summed E-state index contributed by atoms with van der Waals surface area (Å²) in [6.07, 6.45) is 3.50. The van der Waals surface area contributed by atoms with E-state index in [0.717, 1.165) is 65.2 Å². The number of likely N-dealkylation sites (N-methyl/N-ethyl adjacent to an activating group) is 1. The summed E-state index contributed by atoms with van der Waals surface area (Å²) in [5, 5.41) is 0. The number of nitrogens with zero attached hydrogens (tertiary/aromatic N) is 4. The van der Waals surface area contributed by atoms with Crippen molar-refractivity contribution >= 4 is 11.9 Å². The van der Waals surface area contributed by atoms with E-state index in [4.69, 9.17) is 0 Å². The Labute approximate surface area is 134 Å². The lowest BCUT2D eigenvalue weighted by molar-refractivity contribution is -0.132. The highest BCUT2D eigenvalue weighted by Crippen LogP contribution is 2.13. The highest BCUT2D eigenvalue weighted by molar-refractivity contribution is 5.78. The zero-order chi connectivity index (χ0) is 15.9. The molecule has 0 aliphatic carbocycles. The largest absolute Gasteiger partial charge is 0.342 e. The summed E-state index contributed by atoms with van der Waals surface area (Å²) < 4.78 is 0. The summed E-state index contributed by atoms with van der Waals surface area (Å²) in [5.74, 6) is 0.195. The molecule has 0 bridgehead atoms. The molecule has 126 valence electrons. The van der Waals surface area contributed by atoms with E-state index in [1.807, 2.05) is 28.5 Å². The van der Waals surface area contributed by atoms with E-state index in [2.05, 4.69) is 4.90 Å². The number of urea groups is 1. The normalized spacial score (nSPS) is 20.1. The Hall–Kier alpha value is -1.30. The van der Waals surface area contributed by atoms with E-state index in [1.165, 1.54) is 6.42 Å². The van der Waals surface area contributed by atoms with Crippen LogP contribution in [-0.2, 0) is 4.79 Å². The van der Waals surface area contributed by atoms with Crippen LogP contribution in [0.2, 0.25) is 0 Å². The second kappa shape index (κ2) is 8.36. The lowest BCUT2D eigenvalue weighted by atomic mass is 10.1. The Bertz CT molecular complexity index is 370. The molecule has 2 fully saturated rings. The van der Waals surface area contributed by atoms with Crippen LogP contribution in [0.5, 0.6) is 0 Å². The second-order valence-corrected chi connectivity index (χ2v) is 6.16. The summed E-state index contributed by atoms with van der Waals surface area (Å²) in [6, 6.07) is 0.189. The van der Waals surface area contributed by atoms with E-state index in [9.17, 15) is 9.59 Å². The molecule has 0 saturated carbocycles. The van der Waals surface area contributed by atoms with Crippen molar-refractivity contribution in [2.75, 3.05) is 58.9 Å². The summed E-state index contributed by atoms with van der Waals surface area (Å²) in [5.41, 5.74) is 0. The number of likely N-dealkylation sites (tertiary alicyclic amines) is 1. The Morgan fingerprint density at radius 3 is 1.91 bits per heavy atom. The molecule has 0 atom stereocenters. The number of hydrogen-bond donors (Lipinski definition) is 0. The summed E-state index contributed by atoms with van der Waals surface area (Å²) in [6.45, 7) is 10.9. The van der Waals surface area contributed by atoms with Crippen molar-refractivity contribution in [2.24, 2.45) is 0 Å². The molecule has 0 spiro atoms. The third-order valence-electron chi connectivity index (χ3n) is 4.74. The lowest BCUT2D eigenvalue weighted by Crippen LogP contribution is -2.55. The minimum absolute atomic E-state index is 0.189. The number of hydrogen-bond acceptors (Lipinski definition) is 3. The fourth-order valence-electron chi connectivity index (χ4n) is 3.25. The maximum atomic E-state index is 12.4. The molecule has 2 aliphatic rings. The van der Waals surface area contributed by atoms with E-state index >= 15 is 0 Å². The maximum Gasteiger partial charge on any atom is 0.320 e. The van der Waals surface area contributed by atoms with Crippen molar-refractivity contribution < 1.29 is 9.59 Å². The van der Waals surface area contributed by atoms with Gasteiger partial charge in [-0.05, 0) is 33.1 Å². The molecule has 2 saturated heterocycles. The molecule has 2 heterocycles. The molecule has 22 heavy (non-hydrogen) atoms. The van der Waals surface area contributed by atoms with Gasteiger partial charge in [0.1, 0.15) is 0 Å². The first-order chi connectivity index (χ1) is 10.7. The fraction of sp³-hybridized carbons (Fsp3) is 0.875. The molecule has 3 amide bonds. The van der Waals surface area contributed by atoms with Crippen LogP contribution >= 0.6 is 0 Å². The van der Waals surface area contributed by atoms with Crippen molar-refractivity contribution in [1.82, 2.24) is 19.6 Å². The summed E-state index contributed by atoms with van der Waals surface area (Å²) >= 11 is 0. The van der Waals surface area contributed by atoms with Crippen LogP contribution < -0.4 is 0 Å². The average molecular weight is 310 g/mol. The van der Waals surface area contributed by atoms with E-state index in [1.54, 1.807) is 0 Å². The van der Waals surface area contributed by atoms with Crippen LogP contribution in [0.15, 0.2) is 0 Å². The average Bonchev–Trinajstić information content (AvgIpc) is 2.57. The minimum Gasteiger partial charge on any atom is -0.342 e. The van der Waals surface area contributed by atoms with Crippen molar-refractivity contribution in [3.63, 3.8) is 0 Å². The van der Waals surface area contributed by atoms with Crippen LogP contribution in [0, 0.1) is 0 Å². The standard InChI is InChI=1S/C16H30N4O2/c1-3-18(4-2)15(21)14-17-10-12-20(13-11-17)16(22)19-8-6-5-7-9-19/h3-14H2,1-2H3. The number of amides is 3. The number of piperidine rings is 1. The third-order valence-corrected chi connectivity index (χ3v) is 4.74. The van der Waals surface area contributed by atoms with Crippen LogP contribution in [0.1, 0.15) is 33.1 Å². The SMILES string of the molecule is CCN(CC)C(=O)CN1CCN(C(=O)N2CCCCC2)CC1. The van der Waals surface area contributed by atoms with E-state index in [0.29, 0.717) is 6.54 Å². The molecular weight excluding hydrogens is 280 g/mol. The Morgan fingerprint density at radius 2 is 1.36 bits per heavy atom. The Morgan fingerprint density at radius 1 is 0.818 bits per heavy atom. The maximum absolute atomic E-state index is 12.4. The molecule has 0 N–H and O–H groups in total. The molecule has 2 rings (SSSR count). The number of carbonyl (C=O) groups excluding carboxylic acids is 2. The van der Waals surface area contributed by atoms with Gasteiger partial charge in [-0.25, -0.2) is 4.79 Å². The zero-order valence-corrected chi connectivity index (χ0v) is 14.1. The van der Waals surface area contributed by atoms with Crippen molar-refractivity contribution in [3.8, 4) is 0 Å². The Kier molecular flexibility index (Phi) is 6.49. The van der Waals surface area contributed by atoms with Gasteiger partial charge in [-0.1, -0.05) is 0 Å². The van der Waals surface area contributed by atoms with Gasteiger partial charge in [0.25, 0.3) is 0 Å². The van der Waals surface area contributed by atoms with Crippen molar-refractivity contribution in [1.29, 1.82) is 0 Å². The summed E-state index contributed by atoms with van der Waals surface area (Å²) in [7, 11) is 0. The van der Waals surface area contributed by atoms with Gasteiger partial charge in [0, 0.05) is 52.4 Å². The number of carbonyl (C=O) groups is 2. The second-order valence-electron chi connectivity index (χ2n) is 6.16. The molecule has 0 radical (unpaired) electrons. The van der Waals surface area contributed by atoms with E-state index < -0.39 is 0 Å². The van der Waals surface area contributed by atoms with Gasteiger partial charge in [-0.2, -0.15) is 0 Å². The predicted octanol–water partition coefficient (Wildman–Crippen LogP) is 1.08. The third kappa shape index (κ3) is 4.35. The molecule has 6 heteroatoms. The van der Waals surface area contributed by atoms with E-state index in [-0.39, 0.29) is 11.9 Å². The van der Waals surface area contributed by atoms with Gasteiger partial charge in [-0.3, -0.25) is 9.69 Å². The molecule has 0 aromatic rings. The first-order valence-corrected chi connectivity index (χ1v) is 8.69. The van der Waals surface area contributed by atoms with Crippen LogP contribution in [0.4, 0.5) is 4.79 Å². The number of rotatable bonds is 4. The van der Waals surface area contributed by atoms with Crippen LogP contribution in [-0.4, -0.2) is 90.4 Å². The number of piperazine rings is 1. The Balaban J connectivity index is 1.75. The minimum atomic E-state index is 0.189. The van der Waals surface area contributed by atoms with Crippen LogP contribution in [0.25, 0.3) is 0 Å². The fourth-order valence-corrected chi connectivity index (χ4v) is 3.25. The smallest absolute Gasteiger partial charge is 0.320 e. The van der Waals surface area contributed by atoms with Crippen LogP contribution in [0.3, 0.4) is 0 Å². The summed E-state index contributed by atoms with van der Waals surface area (Å²) in [4.78, 5) is 32.5. The quantitative estimate of drug-likeness (QED) is 0.780. The van der Waals surface area contributed by atoms with Crippen molar-refractivity contribution in [3.05, 3.63) is 0 Å². The molecule has 2 aliphatic heterocycles. The molecule has 0 unspecified atom stereocenters. The highest BCUT2D eigenvalue weighted by Gasteiger charge is 2.27. The topological polar surface area (TPSA) is 47.1 Å². The van der Waals surface area contributed by atoms with Gasteiger partial charge in [0.05, 0.1) is 6.54 Å². The van der Waals surface area contributed by atoms with Gasteiger partial charge < -0.3 is 14.7 Å². The monoisotopic (exact) mass is 310 g/mol. The molecule has 0 aromatic carbocycles. The van der Waals surface area contributed by atoms with Gasteiger partial charge in [0.2, 0.25) is 5.91 Å². The van der Waals surface area contributed by atoms with Gasteiger partial charge in [0.15, 0.2) is 0 Å². The molecular formula is C16H30N4O2. The highest BCUT2D eigenvalue weighted by atomic mass is 16.2. The predicted molar refractivity (Wildman–Crippen MR) is 86.8 cm³/mol. The molecule has 0 aromatic heterocycles. The lowest BCUT2D eigenvalue weighted by Gasteiger charge is -2.38. The first-order valence-electron chi connectivity index (χ1n) is 8.69.